The van der Waals surface area contributed by atoms with Gasteiger partial charge in [-0.15, -0.1) is 0 Å². The fraction of sp³-hybridized carbons (Fsp3) is 0.500. The van der Waals surface area contributed by atoms with Crippen molar-refractivity contribution in [3.63, 3.8) is 0 Å². The zero-order chi connectivity index (χ0) is 13.1. The first-order valence-electron chi connectivity index (χ1n) is 6.22. The number of carbonyl (C=O) groups is 1. The second kappa shape index (κ2) is 5.85. The van der Waals surface area contributed by atoms with Crippen molar-refractivity contribution in [2.24, 2.45) is 11.7 Å². The van der Waals surface area contributed by atoms with Crippen molar-refractivity contribution in [1.82, 2.24) is 0 Å². The second-order valence-corrected chi connectivity index (χ2v) is 5.65. The first-order chi connectivity index (χ1) is 8.61. The molecule has 1 atom stereocenters. The number of ketones is 1. The van der Waals surface area contributed by atoms with E-state index in [-0.39, 0.29) is 6.04 Å². The minimum Gasteiger partial charge on any atom is -0.496 e. The van der Waals surface area contributed by atoms with Crippen molar-refractivity contribution >= 4 is 21.7 Å². The van der Waals surface area contributed by atoms with E-state index in [0.29, 0.717) is 24.5 Å². The third kappa shape index (κ3) is 2.93. The molecule has 3 nitrogen and oxygen atoms in total. The topological polar surface area (TPSA) is 52.3 Å². The fourth-order valence-electron chi connectivity index (χ4n) is 2.48. The summed E-state index contributed by atoms with van der Waals surface area (Å²) in [5.74, 6) is 1.59. The summed E-state index contributed by atoms with van der Waals surface area (Å²) >= 11 is 3.47. The number of nitrogens with two attached hydrogens (primary N) is 1. The van der Waals surface area contributed by atoms with Crippen LogP contribution in [0.5, 0.6) is 5.75 Å². The van der Waals surface area contributed by atoms with Crippen molar-refractivity contribution in [2.45, 2.75) is 31.7 Å². The number of carbonyl (C=O) groups excluding carboxylic acids is 1. The Hall–Kier alpha value is -0.870. The molecule has 1 saturated carbocycles. The van der Waals surface area contributed by atoms with Gasteiger partial charge in [-0.3, -0.25) is 4.79 Å². The summed E-state index contributed by atoms with van der Waals surface area (Å²) < 4.78 is 6.13. The van der Waals surface area contributed by atoms with Crippen molar-refractivity contribution in [1.29, 1.82) is 0 Å². The third-order valence-electron chi connectivity index (χ3n) is 3.66. The molecule has 1 unspecified atom stereocenters. The van der Waals surface area contributed by atoms with Gasteiger partial charge in [-0.05, 0) is 52.4 Å². The van der Waals surface area contributed by atoms with E-state index >= 15 is 0 Å². The first-order valence-corrected chi connectivity index (χ1v) is 7.02. The lowest BCUT2D eigenvalue weighted by molar-refractivity contribution is -0.121. The molecule has 1 aliphatic carbocycles. The average Bonchev–Trinajstić information content (AvgIpc) is 2.38. The Morgan fingerprint density at radius 1 is 1.39 bits per heavy atom. The highest BCUT2D eigenvalue weighted by atomic mass is 79.9. The smallest absolute Gasteiger partial charge is 0.133 e. The van der Waals surface area contributed by atoms with Crippen molar-refractivity contribution in [2.75, 3.05) is 7.11 Å². The van der Waals surface area contributed by atoms with Gasteiger partial charge in [0.15, 0.2) is 0 Å². The lowest BCUT2D eigenvalue weighted by Gasteiger charge is -2.27. The molecule has 98 valence electrons. The van der Waals surface area contributed by atoms with E-state index in [9.17, 15) is 4.79 Å². The predicted octanol–water partition coefficient (Wildman–Crippen LogP) is 3.22. The Labute approximate surface area is 116 Å². The molecule has 1 aromatic carbocycles. The first kappa shape index (κ1) is 13.6. The summed E-state index contributed by atoms with van der Waals surface area (Å²) in [6.07, 6.45) is 3.17. The van der Waals surface area contributed by atoms with E-state index in [1.165, 1.54) is 0 Å². The van der Waals surface area contributed by atoms with Gasteiger partial charge >= 0.3 is 0 Å². The van der Waals surface area contributed by atoms with Crippen LogP contribution in [-0.4, -0.2) is 12.9 Å². The molecule has 0 heterocycles. The van der Waals surface area contributed by atoms with Crippen LogP contribution >= 0.6 is 15.9 Å². The summed E-state index contributed by atoms with van der Waals surface area (Å²) in [5, 5.41) is 0. The molecule has 1 fully saturated rings. The van der Waals surface area contributed by atoms with Gasteiger partial charge in [0.1, 0.15) is 11.5 Å². The number of hydrogen-bond acceptors (Lipinski definition) is 3. The maximum atomic E-state index is 11.2. The highest BCUT2D eigenvalue weighted by Gasteiger charge is 2.25. The molecular weight excluding hydrogens is 294 g/mol. The van der Waals surface area contributed by atoms with Crippen LogP contribution in [-0.2, 0) is 4.79 Å². The van der Waals surface area contributed by atoms with Gasteiger partial charge < -0.3 is 10.5 Å². The molecule has 0 saturated heterocycles. The largest absolute Gasteiger partial charge is 0.496 e. The number of ether oxygens (including phenoxy) is 1. The molecule has 2 rings (SSSR count). The van der Waals surface area contributed by atoms with Crippen LogP contribution in [0, 0.1) is 5.92 Å². The highest BCUT2D eigenvalue weighted by molar-refractivity contribution is 9.10. The third-order valence-corrected chi connectivity index (χ3v) is 4.28. The Kier molecular flexibility index (Phi) is 4.40. The molecule has 0 spiro atoms. The molecule has 0 bridgehead atoms. The van der Waals surface area contributed by atoms with Gasteiger partial charge in [0.05, 0.1) is 11.6 Å². The Morgan fingerprint density at radius 3 is 2.61 bits per heavy atom. The quantitative estimate of drug-likeness (QED) is 0.932. The van der Waals surface area contributed by atoms with Crippen molar-refractivity contribution in [3.05, 3.63) is 28.2 Å². The zero-order valence-electron chi connectivity index (χ0n) is 10.5. The molecular formula is C14H18BrNO2. The molecule has 4 heteroatoms. The Balaban J connectivity index is 2.11. The highest BCUT2D eigenvalue weighted by Crippen LogP contribution is 2.34. The lowest BCUT2D eigenvalue weighted by atomic mass is 9.81. The average molecular weight is 312 g/mol. The van der Waals surface area contributed by atoms with Crippen molar-refractivity contribution < 1.29 is 9.53 Å². The molecule has 18 heavy (non-hydrogen) atoms. The van der Waals surface area contributed by atoms with Crippen LogP contribution < -0.4 is 10.5 Å². The maximum Gasteiger partial charge on any atom is 0.133 e. The zero-order valence-corrected chi connectivity index (χ0v) is 12.1. The summed E-state index contributed by atoms with van der Waals surface area (Å²) in [7, 11) is 1.65. The summed E-state index contributed by atoms with van der Waals surface area (Å²) in [6, 6.07) is 5.94. The monoisotopic (exact) mass is 311 g/mol. The van der Waals surface area contributed by atoms with Gasteiger partial charge in [-0.25, -0.2) is 0 Å². The number of hydrogen-bond donors (Lipinski definition) is 1. The van der Waals surface area contributed by atoms with Gasteiger partial charge in [-0.2, -0.15) is 0 Å². The van der Waals surface area contributed by atoms with Gasteiger partial charge in [0.2, 0.25) is 0 Å². The second-order valence-electron chi connectivity index (χ2n) is 4.80. The molecule has 0 amide bonds. The molecule has 0 radical (unpaired) electrons. The van der Waals surface area contributed by atoms with Crippen LogP contribution in [0.3, 0.4) is 0 Å². The summed E-state index contributed by atoms with van der Waals surface area (Å²) in [4.78, 5) is 11.2. The Bertz CT molecular complexity index is 437. The van der Waals surface area contributed by atoms with Gasteiger partial charge in [-0.1, -0.05) is 6.07 Å². The van der Waals surface area contributed by atoms with Crippen LogP contribution in [0.2, 0.25) is 0 Å². The van der Waals surface area contributed by atoms with E-state index in [0.717, 1.165) is 28.6 Å². The van der Waals surface area contributed by atoms with E-state index in [4.69, 9.17) is 10.5 Å². The normalized spacial score (nSPS) is 18.7. The summed E-state index contributed by atoms with van der Waals surface area (Å²) in [6.45, 7) is 0. The number of rotatable bonds is 3. The number of halogens is 1. The van der Waals surface area contributed by atoms with Crippen molar-refractivity contribution in [3.8, 4) is 5.75 Å². The molecule has 0 aromatic heterocycles. The number of Topliss-reactive ketones (excluding diaryl/α,β-unsaturated/α-hetero) is 1. The standard InChI is InChI=1S/C14H18BrNO2/c1-18-13-7-4-10(8-12(13)15)14(16)9-2-5-11(17)6-3-9/h4,7-9,14H,2-3,5-6,16H2,1H3. The van der Waals surface area contributed by atoms with E-state index < -0.39 is 0 Å². The SMILES string of the molecule is COc1ccc(C(N)C2CCC(=O)CC2)cc1Br. The van der Waals surface area contributed by atoms with Gasteiger partial charge in [0.25, 0.3) is 0 Å². The number of benzene rings is 1. The van der Waals surface area contributed by atoms with Crippen LogP contribution in [0.15, 0.2) is 22.7 Å². The minimum absolute atomic E-state index is 0.000283. The van der Waals surface area contributed by atoms with Crippen LogP contribution in [0.4, 0.5) is 0 Å². The number of methoxy groups -OCH3 is 1. The molecule has 1 aromatic rings. The molecule has 2 N–H and O–H groups in total. The minimum atomic E-state index is 0.000283. The molecule has 1 aliphatic rings. The van der Waals surface area contributed by atoms with Gasteiger partial charge in [0, 0.05) is 18.9 Å². The van der Waals surface area contributed by atoms with E-state index in [2.05, 4.69) is 15.9 Å². The fourth-order valence-corrected chi connectivity index (χ4v) is 3.04. The lowest BCUT2D eigenvalue weighted by Crippen LogP contribution is -2.26. The Morgan fingerprint density at radius 2 is 2.06 bits per heavy atom. The summed E-state index contributed by atoms with van der Waals surface area (Å²) in [5.41, 5.74) is 7.40. The predicted molar refractivity (Wildman–Crippen MR) is 74.6 cm³/mol. The maximum absolute atomic E-state index is 11.2. The van der Waals surface area contributed by atoms with Crippen LogP contribution in [0.1, 0.15) is 37.3 Å². The van der Waals surface area contributed by atoms with Crippen LogP contribution in [0.25, 0.3) is 0 Å². The molecule has 0 aliphatic heterocycles. The van der Waals surface area contributed by atoms with E-state index in [1.807, 2.05) is 18.2 Å². The van der Waals surface area contributed by atoms with E-state index in [1.54, 1.807) is 7.11 Å².